The number of carbonyl (C=O) groups is 1. The second kappa shape index (κ2) is 7.48. The molecule has 1 aliphatic rings. The van der Waals surface area contributed by atoms with Gasteiger partial charge in [0, 0.05) is 32.2 Å². The molecule has 1 fully saturated rings. The number of nitrogens with zero attached hydrogens (tertiary/aromatic N) is 1. The number of anilines is 1. The molecule has 0 atom stereocenters. The summed E-state index contributed by atoms with van der Waals surface area (Å²) in [5.41, 5.74) is 2.39. The third-order valence-electron chi connectivity index (χ3n) is 4.75. The summed E-state index contributed by atoms with van der Waals surface area (Å²) in [6, 6.07) is 8.94. The molecule has 0 heterocycles. The molecule has 116 valence electrons. The number of para-hydroxylation sites is 1. The van der Waals surface area contributed by atoms with Crippen molar-refractivity contribution in [3.63, 3.8) is 0 Å². The Balaban J connectivity index is 1.98. The lowest BCUT2D eigenvalue weighted by Crippen LogP contribution is -2.28. The van der Waals surface area contributed by atoms with Crippen LogP contribution < -0.4 is 5.32 Å². The van der Waals surface area contributed by atoms with Gasteiger partial charge in [0.2, 0.25) is 5.91 Å². The van der Waals surface area contributed by atoms with Crippen LogP contribution >= 0.6 is 0 Å². The van der Waals surface area contributed by atoms with Crippen molar-refractivity contribution in [2.75, 3.05) is 12.4 Å². The van der Waals surface area contributed by atoms with Crippen molar-refractivity contribution in [2.24, 2.45) is 5.92 Å². The van der Waals surface area contributed by atoms with E-state index in [-0.39, 0.29) is 5.91 Å². The first kappa shape index (κ1) is 15.9. The van der Waals surface area contributed by atoms with Crippen molar-refractivity contribution in [3.05, 3.63) is 29.8 Å². The Morgan fingerprint density at radius 3 is 2.52 bits per heavy atom. The minimum Gasteiger partial charge on any atom is -0.382 e. The van der Waals surface area contributed by atoms with Crippen LogP contribution in [0.5, 0.6) is 0 Å². The maximum absolute atomic E-state index is 11.4. The van der Waals surface area contributed by atoms with Crippen molar-refractivity contribution in [1.29, 1.82) is 0 Å². The second-order valence-corrected chi connectivity index (χ2v) is 6.30. The van der Waals surface area contributed by atoms with Gasteiger partial charge in [-0.25, -0.2) is 0 Å². The minimum absolute atomic E-state index is 0.105. The smallest absolute Gasteiger partial charge is 0.219 e. The number of hydrogen-bond acceptors (Lipinski definition) is 2. The first-order valence-electron chi connectivity index (χ1n) is 8.16. The highest BCUT2D eigenvalue weighted by Crippen LogP contribution is 2.29. The second-order valence-electron chi connectivity index (χ2n) is 6.30. The normalized spacial score (nSPS) is 21.9. The van der Waals surface area contributed by atoms with Crippen LogP contribution in [0.3, 0.4) is 0 Å². The first-order chi connectivity index (χ1) is 10.1. The molecule has 0 aromatic heterocycles. The van der Waals surface area contributed by atoms with Crippen molar-refractivity contribution in [2.45, 2.75) is 58.5 Å². The summed E-state index contributed by atoms with van der Waals surface area (Å²) in [6.07, 6.45) is 6.50. The molecule has 0 radical (unpaired) electrons. The van der Waals surface area contributed by atoms with Gasteiger partial charge in [0.05, 0.1) is 0 Å². The van der Waals surface area contributed by atoms with Crippen LogP contribution in [0.25, 0.3) is 0 Å². The van der Waals surface area contributed by atoms with Gasteiger partial charge in [0.15, 0.2) is 0 Å². The van der Waals surface area contributed by atoms with Crippen LogP contribution in [-0.4, -0.2) is 23.9 Å². The molecule has 3 heteroatoms. The summed E-state index contributed by atoms with van der Waals surface area (Å²) in [4.78, 5) is 13.2. The number of hydrogen-bond donors (Lipinski definition) is 1. The molecule has 2 rings (SSSR count). The molecule has 3 nitrogen and oxygen atoms in total. The summed E-state index contributed by atoms with van der Waals surface area (Å²) in [5.74, 6) is 1.02. The van der Waals surface area contributed by atoms with Crippen LogP contribution in [0.1, 0.15) is 51.5 Å². The standard InChI is InChI=1S/C18H28N2O/c1-4-15-9-11-17(12-10-15)19-18-8-6-5-7-16(18)13-20(3)14(2)21/h5-8,15,17,19H,4,9-13H2,1-3H3. The summed E-state index contributed by atoms with van der Waals surface area (Å²) in [6.45, 7) is 4.58. The number of benzene rings is 1. The zero-order chi connectivity index (χ0) is 15.2. The maximum atomic E-state index is 11.4. The zero-order valence-corrected chi connectivity index (χ0v) is 13.6. The van der Waals surface area contributed by atoms with E-state index in [9.17, 15) is 4.79 Å². The number of carbonyl (C=O) groups excluding carboxylic acids is 1. The summed E-state index contributed by atoms with van der Waals surface area (Å²) in [5, 5.41) is 3.70. The third kappa shape index (κ3) is 4.48. The molecule has 1 aromatic rings. The molecule has 1 aromatic carbocycles. The Morgan fingerprint density at radius 1 is 1.24 bits per heavy atom. The molecule has 1 aliphatic carbocycles. The van der Waals surface area contributed by atoms with E-state index in [1.165, 1.54) is 43.4 Å². The van der Waals surface area contributed by atoms with Gasteiger partial charge in [-0.1, -0.05) is 31.5 Å². The molecular weight excluding hydrogens is 260 g/mol. The molecule has 0 bridgehead atoms. The highest BCUT2D eigenvalue weighted by Gasteiger charge is 2.20. The van der Waals surface area contributed by atoms with Gasteiger partial charge in [0.25, 0.3) is 0 Å². The average Bonchev–Trinajstić information content (AvgIpc) is 2.50. The summed E-state index contributed by atoms with van der Waals surface area (Å²) < 4.78 is 0. The lowest BCUT2D eigenvalue weighted by molar-refractivity contribution is -0.128. The number of amides is 1. The fourth-order valence-corrected chi connectivity index (χ4v) is 3.10. The fraction of sp³-hybridized carbons (Fsp3) is 0.611. The van der Waals surface area contributed by atoms with Gasteiger partial charge in [-0.2, -0.15) is 0 Å². The van der Waals surface area contributed by atoms with Crippen molar-refractivity contribution < 1.29 is 4.79 Å². The van der Waals surface area contributed by atoms with Gasteiger partial charge < -0.3 is 10.2 Å². The summed E-state index contributed by atoms with van der Waals surface area (Å²) >= 11 is 0. The van der Waals surface area contributed by atoms with E-state index in [0.29, 0.717) is 12.6 Å². The maximum Gasteiger partial charge on any atom is 0.219 e. The van der Waals surface area contributed by atoms with Gasteiger partial charge in [-0.05, 0) is 43.2 Å². The monoisotopic (exact) mass is 288 g/mol. The van der Waals surface area contributed by atoms with Crippen molar-refractivity contribution >= 4 is 11.6 Å². The van der Waals surface area contributed by atoms with Crippen molar-refractivity contribution in [1.82, 2.24) is 4.90 Å². The highest BCUT2D eigenvalue weighted by molar-refractivity contribution is 5.73. The molecule has 0 saturated heterocycles. The third-order valence-corrected chi connectivity index (χ3v) is 4.75. The zero-order valence-electron chi connectivity index (χ0n) is 13.6. The van der Waals surface area contributed by atoms with Crippen LogP contribution in [0.2, 0.25) is 0 Å². The predicted molar refractivity (Wildman–Crippen MR) is 88.2 cm³/mol. The van der Waals surface area contributed by atoms with Crippen molar-refractivity contribution in [3.8, 4) is 0 Å². The van der Waals surface area contributed by atoms with E-state index in [2.05, 4.69) is 30.4 Å². The Morgan fingerprint density at radius 2 is 1.90 bits per heavy atom. The van der Waals surface area contributed by atoms with Crippen LogP contribution in [-0.2, 0) is 11.3 Å². The Kier molecular flexibility index (Phi) is 5.66. The Bertz CT molecular complexity index is 464. The largest absolute Gasteiger partial charge is 0.382 e. The molecule has 1 saturated carbocycles. The quantitative estimate of drug-likeness (QED) is 0.886. The van der Waals surface area contributed by atoms with Crippen LogP contribution in [0, 0.1) is 5.92 Å². The first-order valence-corrected chi connectivity index (χ1v) is 8.16. The molecule has 1 amide bonds. The SMILES string of the molecule is CCC1CCC(Nc2ccccc2CN(C)C(C)=O)CC1. The average molecular weight is 288 g/mol. The predicted octanol–water partition coefficient (Wildman–Crippen LogP) is 4.05. The van der Waals surface area contributed by atoms with E-state index < -0.39 is 0 Å². The van der Waals surface area contributed by atoms with Gasteiger partial charge in [0.1, 0.15) is 0 Å². The number of rotatable bonds is 5. The number of nitrogens with one attached hydrogen (secondary N) is 1. The highest BCUT2D eigenvalue weighted by atomic mass is 16.2. The molecular formula is C18H28N2O. The van der Waals surface area contributed by atoms with E-state index in [1.54, 1.807) is 11.8 Å². The topological polar surface area (TPSA) is 32.3 Å². The molecule has 0 spiro atoms. The minimum atomic E-state index is 0.105. The van der Waals surface area contributed by atoms with Gasteiger partial charge in [-0.3, -0.25) is 4.79 Å². The fourth-order valence-electron chi connectivity index (χ4n) is 3.10. The van der Waals surface area contributed by atoms with Crippen LogP contribution in [0.4, 0.5) is 5.69 Å². The van der Waals surface area contributed by atoms with Gasteiger partial charge in [-0.15, -0.1) is 0 Å². The lowest BCUT2D eigenvalue weighted by Gasteiger charge is -2.30. The van der Waals surface area contributed by atoms with E-state index in [1.807, 2.05) is 13.1 Å². The lowest BCUT2D eigenvalue weighted by atomic mass is 9.84. The summed E-state index contributed by atoms with van der Waals surface area (Å²) in [7, 11) is 1.85. The Hall–Kier alpha value is -1.51. The van der Waals surface area contributed by atoms with Gasteiger partial charge >= 0.3 is 0 Å². The molecule has 21 heavy (non-hydrogen) atoms. The van der Waals surface area contributed by atoms with E-state index in [4.69, 9.17) is 0 Å². The molecule has 0 unspecified atom stereocenters. The van der Waals surface area contributed by atoms with E-state index >= 15 is 0 Å². The molecule has 0 aliphatic heterocycles. The van der Waals surface area contributed by atoms with E-state index in [0.717, 1.165) is 5.92 Å². The van der Waals surface area contributed by atoms with Crippen LogP contribution in [0.15, 0.2) is 24.3 Å². The molecule has 1 N–H and O–H groups in total. The Labute approximate surface area is 128 Å².